The summed E-state index contributed by atoms with van der Waals surface area (Å²) in [6.07, 6.45) is 4.01. The van der Waals surface area contributed by atoms with Crippen molar-refractivity contribution in [2.45, 2.75) is 26.3 Å². The van der Waals surface area contributed by atoms with Crippen LogP contribution >= 0.6 is 15.9 Å². The number of amides is 1. The predicted octanol–water partition coefficient (Wildman–Crippen LogP) is 2.43. The molecular formula is C13H19BrN2O2. The number of hydrogen-bond donors (Lipinski definition) is 1. The molecule has 1 aliphatic heterocycles. The molecule has 0 bridgehead atoms. The third-order valence-corrected chi connectivity index (χ3v) is 3.76. The number of carbonyl (C=O) groups excluding carboxylic acids is 1. The highest BCUT2D eigenvalue weighted by Gasteiger charge is 2.17. The highest BCUT2D eigenvalue weighted by atomic mass is 79.9. The molecule has 1 saturated heterocycles. The molecule has 2 heterocycles. The van der Waals surface area contributed by atoms with Gasteiger partial charge in [0.05, 0.1) is 0 Å². The highest BCUT2D eigenvalue weighted by Crippen LogP contribution is 2.16. The van der Waals surface area contributed by atoms with Crippen LogP contribution in [0.4, 0.5) is 0 Å². The number of halogens is 1. The molecule has 1 fully saturated rings. The second-order valence-electron chi connectivity index (χ2n) is 4.60. The molecule has 5 heteroatoms. The zero-order chi connectivity index (χ0) is 13.0. The van der Waals surface area contributed by atoms with Crippen LogP contribution in [0.3, 0.4) is 0 Å². The van der Waals surface area contributed by atoms with E-state index >= 15 is 0 Å². The van der Waals surface area contributed by atoms with E-state index in [-0.39, 0.29) is 5.91 Å². The van der Waals surface area contributed by atoms with Crippen molar-refractivity contribution in [3.63, 3.8) is 0 Å². The molecule has 0 spiro atoms. The minimum Gasteiger partial charge on any atom is -0.381 e. The SMILES string of the molecule is CCn1cc(Br)cc1C(=O)NCC1CCOCC1. The van der Waals surface area contributed by atoms with Gasteiger partial charge in [0, 0.05) is 37.0 Å². The number of aryl methyl sites for hydroxylation is 1. The van der Waals surface area contributed by atoms with Crippen LogP contribution < -0.4 is 5.32 Å². The summed E-state index contributed by atoms with van der Waals surface area (Å²) >= 11 is 3.40. The third kappa shape index (κ3) is 3.36. The van der Waals surface area contributed by atoms with Gasteiger partial charge in [-0.05, 0) is 47.7 Å². The molecule has 1 aromatic heterocycles. The molecule has 18 heavy (non-hydrogen) atoms. The largest absolute Gasteiger partial charge is 0.381 e. The van der Waals surface area contributed by atoms with Gasteiger partial charge >= 0.3 is 0 Å². The average molecular weight is 315 g/mol. The third-order valence-electron chi connectivity index (χ3n) is 3.33. The number of carbonyl (C=O) groups is 1. The summed E-state index contributed by atoms with van der Waals surface area (Å²) in [5, 5.41) is 3.02. The Morgan fingerprint density at radius 1 is 1.56 bits per heavy atom. The van der Waals surface area contributed by atoms with E-state index in [1.54, 1.807) is 0 Å². The number of nitrogens with zero attached hydrogens (tertiary/aromatic N) is 1. The van der Waals surface area contributed by atoms with Gasteiger partial charge in [0.15, 0.2) is 0 Å². The van der Waals surface area contributed by atoms with Gasteiger partial charge in [-0.1, -0.05) is 0 Å². The molecule has 2 rings (SSSR count). The van der Waals surface area contributed by atoms with E-state index in [1.807, 2.05) is 23.8 Å². The highest BCUT2D eigenvalue weighted by molar-refractivity contribution is 9.10. The zero-order valence-corrected chi connectivity index (χ0v) is 12.2. The molecule has 4 nitrogen and oxygen atoms in total. The molecule has 1 aliphatic rings. The second kappa shape index (κ2) is 6.38. The van der Waals surface area contributed by atoms with Gasteiger partial charge in [-0.25, -0.2) is 0 Å². The van der Waals surface area contributed by atoms with Crippen LogP contribution in [0.15, 0.2) is 16.7 Å². The van der Waals surface area contributed by atoms with E-state index in [0.29, 0.717) is 5.92 Å². The van der Waals surface area contributed by atoms with Gasteiger partial charge in [-0.2, -0.15) is 0 Å². The van der Waals surface area contributed by atoms with Gasteiger partial charge in [0.25, 0.3) is 5.91 Å². The Bertz CT molecular complexity index is 411. The lowest BCUT2D eigenvalue weighted by Gasteiger charge is -2.22. The van der Waals surface area contributed by atoms with E-state index in [0.717, 1.165) is 49.3 Å². The summed E-state index contributed by atoms with van der Waals surface area (Å²) in [6.45, 7) is 5.21. The van der Waals surface area contributed by atoms with Crippen molar-refractivity contribution in [1.29, 1.82) is 0 Å². The molecule has 1 N–H and O–H groups in total. The molecule has 0 aliphatic carbocycles. The van der Waals surface area contributed by atoms with Crippen molar-refractivity contribution in [3.05, 3.63) is 22.4 Å². The lowest BCUT2D eigenvalue weighted by molar-refractivity contribution is 0.0641. The number of ether oxygens (including phenoxy) is 1. The summed E-state index contributed by atoms with van der Waals surface area (Å²) in [6, 6.07) is 1.86. The first-order valence-electron chi connectivity index (χ1n) is 6.42. The fourth-order valence-corrected chi connectivity index (χ4v) is 2.67. The molecule has 0 radical (unpaired) electrons. The Morgan fingerprint density at radius 3 is 2.94 bits per heavy atom. The molecule has 0 atom stereocenters. The standard InChI is InChI=1S/C13H19BrN2O2/c1-2-16-9-11(14)7-12(16)13(17)15-8-10-3-5-18-6-4-10/h7,9-10H,2-6,8H2,1H3,(H,15,17). The molecule has 100 valence electrons. The van der Waals surface area contributed by atoms with Crippen molar-refractivity contribution in [3.8, 4) is 0 Å². The molecule has 0 unspecified atom stereocenters. The Morgan fingerprint density at radius 2 is 2.28 bits per heavy atom. The number of hydrogen-bond acceptors (Lipinski definition) is 2. The molecule has 1 amide bonds. The first-order valence-corrected chi connectivity index (χ1v) is 7.21. The monoisotopic (exact) mass is 314 g/mol. The van der Waals surface area contributed by atoms with Crippen molar-refractivity contribution in [2.24, 2.45) is 5.92 Å². The molecule has 0 saturated carbocycles. The van der Waals surface area contributed by atoms with Crippen LogP contribution in [0.1, 0.15) is 30.3 Å². The first-order chi connectivity index (χ1) is 8.70. The van der Waals surface area contributed by atoms with Gasteiger partial charge in [0.1, 0.15) is 5.69 Å². The van der Waals surface area contributed by atoms with Crippen molar-refractivity contribution in [2.75, 3.05) is 19.8 Å². The summed E-state index contributed by atoms with van der Waals surface area (Å²) in [5.41, 5.74) is 0.719. The predicted molar refractivity (Wildman–Crippen MR) is 73.7 cm³/mol. The van der Waals surface area contributed by atoms with E-state index in [4.69, 9.17) is 4.74 Å². The molecule has 1 aromatic rings. The van der Waals surface area contributed by atoms with Crippen LogP contribution in [0, 0.1) is 5.92 Å². The number of aromatic nitrogens is 1. The average Bonchev–Trinajstić information content (AvgIpc) is 2.78. The summed E-state index contributed by atoms with van der Waals surface area (Å²) in [7, 11) is 0. The summed E-state index contributed by atoms with van der Waals surface area (Å²) in [5.74, 6) is 0.560. The van der Waals surface area contributed by atoms with Crippen molar-refractivity contribution in [1.82, 2.24) is 9.88 Å². The number of rotatable bonds is 4. The fraction of sp³-hybridized carbons (Fsp3) is 0.615. The molecular weight excluding hydrogens is 296 g/mol. The summed E-state index contributed by atoms with van der Waals surface area (Å²) in [4.78, 5) is 12.1. The maximum Gasteiger partial charge on any atom is 0.267 e. The van der Waals surface area contributed by atoms with Crippen LogP contribution in [0.2, 0.25) is 0 Å². The normalized spacial score (nSPS) is 16.8. The maximum atomic E-state index is 12.1. The quantitative estimate of drug-likeness (QED) is 0.927. The van der Waals surface area contributed by atoms with Crippen molar-refractivity contribution < 1.29 is 9.53 Å². The van der Waals surface area contributed by atoms with E-state index in [1.165, 1.54) is 0 Å². The first kappa shape index (κ1) is 13.6. The van der Waals surface area contributed by atoms with Crippen LogP contribution in [0.25, 0.3) is 0 Å². The Labute approximate surface area is 116 Å². The van der Waals surface area contributed by atoms with Crippen LogP contribution in [0.5, 0.6) is 0 Å². The lowest BCUT2D eigenvalue weighted by atomic mass is 10.0. The lowest BCUT2D eigenvalue weighted by Crippen LogP contribution is -2.33. The van der Waals surface area contributed by atoms with E-state index < -0.39 is 0 Å². The minimum absolute atomic E-state index is 0.00837. The second-order valence-corrected chi connectivity index (χ2v) is 5.51. The van der Waals surface area contributed by atoms with E-state index in [9.17, 15) is 4.79 Å². The van der Waals surface area contributed by atoms with Crippen LogP contribution in [-0.4, -0.2) is 30.2 Å². The summed E-state index contributed by atoms with van der Waals surface area (Å²) < 4.78 is 8.20. The number of nitrogens with one attached hydrogen (secondary N) is 1. The minimum atomic E-state index is 0.00837. The topological polar surface area (TPSA) is 43.3 Å². The van der Waals surface area contributed by atoms with Gasteiger partial charge in [0.2, 0.25) is 0 Å². The zero-order valence-electron chi connectivity index (χ0n) is 10.6. The maximum absolute atomic E-state index is 12.1. The van der Waals surface area contributed by atoms with Gasteiger partial charge in [-0.15, -0.1) is 0 Å². The smallest absolute Gasteiger partial charge is 0.267 e. The van der Waals surface area contributed by atoms with E-state index in [2.05, 4.69) is 21.2 Å². The molecule has 0 aromatic carbocycles. The fourth-order valence-electron chi connectivity index (χ4n) is 2.20. The Balaban J connectivity index is 1.90. The van der Waals surface area contributed by atoms with Crippen LogP contribution in [-0.2, 0) is 11.3 Å². The van der Waals surface area contributed by atoms with Gasteiger partial charge in [-0.3, -0.25) is 4.79 Å². The van der Waals surface area contributed by atoms with Gasteiger partial charge < -0.3 is 14.6 Å². The van der Waals surface area contributed by atoms with Crippen molar-refractivity contribution >= 4 is 21.8 Å². The Kier molecular flexibility index (Phi) is 4.83. The Hall–Kier alpha value is -0.810.